The molecule has 74 valence electrons. The molecule has 2 unspecified atom stereocenters. The number of ketones is 1. The fourth-order valence-corrected chi connectivity index (χ4v) is 3.73. The van der Waals surface area contributed by atoms with Crippen LogP contribution in [-0.2, 0) is 4.79 Å². The van der Waals surface area contributed by atoms with Gasteiger partial charge in [-0.3, -0.25) is 4.79 Å². The van der Waals surface area contributed by atoms with Gasteiger partial charge in [0.2, 0.25) is 0 Å². The Morgan fingerprint density at radius 3 is 2.54 bits per heavy atom. The molecule has 0 aromatic heterocycles. The Kier molecular flexibility index (Phi) is 1.84. The van der Waals surface area contributed by atoms with Crippen molar-refractivity contribution in [3.8, 4) is 0 Å². The van der Waals surface area contributed by atoms with Gasteiger partial charge in [-0.1, -0.05) is 27.2 Å². The zero-order chi connectivity index (χ0) is 9.69. The highest BCUT2D eigenvalue weighted by atomic mass is 16.1. The van der Waals surface area contributed by atoms with Gasteiger partial charge in [-0.2, -0.15) is 0 Å². The van der Waals surface area contributed by atoms with Gasteiger partial charge in [0, 0.05) is 11.8 Å². The third-order valence-electron chi connectivity index (χ3n) is 4.53. The molecule has 0 aromatic carbocycles. The van der Waals surface area contributed by atoms with Gasteiger partial charge in [-0.25, -0.2) is 0 Å². The summed E-state index contributed by atoms with van der Waals surface area (Å²) in [5, 5.41) is 0. The molecule has 0 saturated heterocycles. The number of fused-ring (bicyclic) bond motifs is 1. The quantitative estimate of drug-likeness (QED) is 0.559. The highest BCUT2D eigenvalue weighted by molar-refractivity contribution is 5.87. The summed E-state index contributed by atoms with van der Waals surface area (Å²) in [5.41, 5.74) is 0.445. The van der Waals surface area contributed by atoms with Crippen LogP contribution in [0.2, 0.25) is 0 Å². The van der Waals surface area contributed by atoms with Crippen LogP contribution in [-0.4, -0.2) is 5.78 Å². The zero-order valence-electron chi connectivity index (χ0n) is 9.02. The van der Waals surface area contributed by atoms with Crippen LogP contribution in [0.1, 0.15) is 52.9 Å². The van der Waals surface area contributed by atoms with Crippen LogP contribution in [0.3, 0.4) is 0 Å². The Hall–Kier alpha value is -0.330. The maximum atomic E-state index is 11.8. The van der Waals surface area contributed by atoms with Crippen molar-refractivity contribution in [3.05, 3.63) is 0 Å². The Bertz CT molecular complexity index is 242. The van der Waals surface area contributed by atoms with E-state index < -0.39 is 0 Å². The normalized spacial score (nSPS) is 43.3. The van der Waals surface area contributed by atoms with Crippen LogP contribution < -0.4 is 0 Å². The van der Waals surface area contributed by atoms with E-state index in [1.165, 1.54) is 12.8 Å². The summed E-state index contributed by atoms with van der Waals surface area (Å²) in [4.78, 5) is 11.8. The molecule has 0 radical (unpaired) electrons. The Balaban J connectivity index is 2.34. The summed E-state index contributed by atoms with van der Waals surface area (Å²) >= 11 is 0. The molecule has 0 aliphatic heterocycles. The number of carbonyl (C=O) groups excluding carboxylic acids is 1. The first kappa shape index (κ1) is 9.23. The lowest BCUT2D eigenvalue weighted by Gasteiger charge is -2.46. The Morgan fingerprint density at radius 2 is 1.92 bits per heavy atom. The first-order chi connectivity index (χ1) is 5.97. The van der Waals surface area contributed by atoms with E-state index in [9.17, 15) is 4.79 Å². The molecule has 2 rings (SSSR count). The molecule has 0 aromatic rings. The summed E-state index contributed by atoms with van der Waals surface area (Å²) in [7, 11) is 0. The van der Waals surface area contributed by atoms with E-state index in [0.29, 0.717) is 17.1 Å². The van der Waals surface area contributed by atoms with Crippen molar-refractivity contribution in [2.75, 3.05) is 0 Å². The fourth-order valence-electron chi connectivity index (χ4n) is 3.73. The number of Topliss-reactive ketones (excluding diaryl/α,β-unsaturated/α-hetero) is 1. The van der Waals surface area contributed by atoms with Crippen molar-refractivity contribution >= 4 is 5.78 Å². The zero-order valence-corrected chi connectivity index (χ0v) is 9.02. The molecule has 1 heteroatoms. The van der Waals surface area contributed by atoms with E-state index >= 15 is 0 Å². The van der Waals surface area contributed by atoms with Crippen LogP contribution in [0.5, 0.6) is 0 Å². The van der Waals surface area contributed by atoms with Crippen molar-refractivity contribution in [1.29, 1.82) is 0 Å². The number of rotatable bonds is 0. The van der Waals surface area contributed by atoms with Gasteiger partial charge >= 0.3 is 0 Å². The van der Waals surface area contributed by atoms with Crippen molar-refractivity contribution in [2.24, 2.45) is 16.7 Å². The van der Waals surface area contributed by atoms with E-state index in [1.807, 2.05) is 0 Å². The van der Waals surface area contributed by atoms with Gasteiger partial charge in [-0.05, 0) is 30.6 Å². The minimum atomic E-state index is 0.0434. The lowest BCUT2D eigenvalue weighted by Crippen LogP contribution is -2.41. The van der Waals surface area contributed by atoms with Crippen molar-refractivity contribution < 1.29 is 4.79 Å². The molecule has 2 saturated carbocycles. The van der Waals surface area contributed by atoms with Gasteiger partial charge < -0.3 is 0 Å². The molecule has 2 aliphatic rings. The molecule has 1 nitrogen and oxygen atoms in total. The first-order valence-corrected chi connectivity index (χ1v) is 5.50. The number of hydrogen-bond acceptors (Lipinski definition) is 1. The lowest BCUT2D eigenvalue weighted by molar-refractivity contribution is -0.130. The molecule has 0 amide bonds. The SMILES string of the molecule is CC1(C)CCCC2(C)C(=O)CCC12. The van der Waals surface area contributed by atoms with Crippen LogP contribution >= 0.6 is 0 Å². The molecule has 0 N–H and O–H groups in total. The van der Waals surface area contributed by atoms with Gasteiger partial charge in [0.15, 0.2) is 0 Å². The summed E-state index contributed by atoms with van der Waals surface area (Å²) in [6, 6.07) is 0. The van der Waals surface area contributed by atoms with E-state index in [-0.39, 0.29) is 5.41 Å². The third-order valence-corrected chi connectivity index (χ3v) is 4.53. The minimum absolute atomic E-state index is 0.0434. The monoisotopic (exact) mass is 180 g/mol. The molecule has 0 bridgehead atoms. The van der Waals surface area contributed by atoms with Crippen LogP contribution in [0.25, 0.3) is 0 Å². The Morgan fingerprint density at radius 1 is 1.23 bits per heavy atom. The lowest BCUT2D eigenvalue weighted by atomic mass is 9.58. The van der Waals surface area contributed by atoms with Gasteiger partial charge in [-0.15, -0.1) is 0 Å². The second-order valence-corrected chi connectivity index (χ2v) is 5.77. The van der Waals surface area contributed by atoms with Gasteiger partial charge in [0.1, 0.15) is 5.78 Å². The summed E-state index contributed by atoms with van der Waals surface area (Å²) in [5.74, 6) is 1.19. The molecular formula is C12H20O. The summed E-state index contributed by atoms with van der Waals surface area (Å²) in [6.45, 7) is 6.88. The number of carbonyl (C=O) groups is 1. The van der Waals surface area contributed by atoms with Gasteiger partial charge in [0.05, 0.1) is 0 Å². The second kappa shape index (κ2) is 2.59. The molecule has 0 heterocycles. The maximum absolute atomic E-state index is 11.8. The van der Waals surface area contributed by atoms with Crippen LogP contribution in [0, 0.1) is 16.7 Å². The average molecular weight is 180 g/mol. The number of hydrogen-bond donors (Lipinski definition) is 0. The van der Waals surface area contributed by atoms with E-state index in [1.54, 1.807) is 0 Å². The second-order valence-electron chi connectivity index (χ2n) is 5.77. The van der Waals surface area contributed by atoms with Crippen molar-refractivity contribution in [3.63, 3.8) is 0 Å². The van der Waals surface area contributed by atoms with Crippen LogP contribution in [0.4, 0.5) is 0 Å². The average Bonchev–Trinajstić information content (AvgIpc) is 2.29. The topological polar surface area (TPSA) is 17.1 Å². The summed E-state index contributed by atoms with van der Waals surface area (Å²) in [6.07, 6.45) is 5.67. The maximum Gasteiger partial charge on any atom is 0.139 e. The molecule has 2 atom stereocenters. The highest BCUT2D eigenvalue weighted by Gasteiger charge is 2.53. The van der Waals surface area contributed by atoms with Crippen LogP contribution in [0.15, 0.2) is 0 Å². The molecule has 0 spiro atoms. The van der Waals surface area contributed by atoms with E-state index in [4.69, 9.17) is 0 Å². The highest BCUT2D eigenvalue weighted by Crippen LogP contribution is 2.57. The Labute approximate surface area is 80.9 Å². The summed E-state index contributed by atoms with van der Waals surface area (Å²) < 4.78 is 0. The molecular weight excluding hydrogens is 160 g/mol. The van der Waals surface area contributed by atoms with Crippen molar-refractivity contribution in [2.45, 2.75) is 52.9 Å². The third kappa shape index (κ3) is 1.16. The molecule has 13 heavy (non-hydrogen) atoms. The van der Waals surface area contributed by atoms with E-state index in [0.717, 1.165) is 19.3 Å². The van der Waals surface area contributed by atoms with Crippen molar-refractivity contribution in [1.82, 2.24) is 0 Å². The smallest absolute Gasteiger partial charge is 0.139 e. The van der Waals surface area contributed by atoms with Gasteiger partial charge in [0.25, 0.3) is 0 Å². The predicted molar refractivity (Wildman–Crippen MR) is 53.5 cm³/mol. The standard InChI is InChI=1S/C12H20O/c1-11(2)7-4-8-12(3)9(11)5-6-10(12)13/h9H,4-8H2,1-3H3. The largest absolute Gasteiger partial charge is 0.299 e. The van der Waals surface area contributed by atoms with E-state index in [2.05, 4.69) is 20.8 Å². The molecule has 2 aliphatic carbocycles. The molecule has 2 fully saturated rings. The fraction of sp³-hybridized carbons (Fsp3) is 0.917. The predicted octanol–water partition coefficient (Wildman–Crippen LogP) is 3.18. The first-order valence-electron chi connectivity index (χ1n) is 5.50. The minimum Gasteiger partial charge on any atom is -0.299 e.